The Balaban J connectivity index is 2.03. The van der Waals surface area contributed by atoms with Gasteiger partial charge in [-0.1, -0.05) is 29.8 Å². The quantitative estimate of drug-likeness (QED) is 0.751. The summed E-state index contributed by atoms with van der Waals surface area (Å²) in [4.78, 5) is 15.8. The zero-order valence-electron chi connectivity index (χ0n) is 12.0. The van der Waals surface area contributed by atoms with E-state index in [1.165, 1.54) is 5.56 Å². The molecule has 0 aromatic heterocycles. The molecular weight excluding hydrogens is 302 g/mol. The normalized spacial score (nSPS) is 16.9. The molecule has 2 nitrogen and oxygen atoms in total. The molecule has 0 saturated carbocycles. The Morgan fingerprint density at radius 2 is 2.05 bits per heavy atom. The minimum atomic E-state index is -0.0200. The largest absolute Gasteiger partial charge is 0.305 e. The maximum absolute atomic E-state index is 12.9. The SMILES string of the molecule is CSc1ccc(Cl)c(C(=O)N2c3ccccc3CC2C)c1. The van der Waals surface area contributed by atoms with E-state index >= 15 is 0 Å². The van der Waals surface area contributed by atoms with Gasteiger partial charge in [0.25, 0.3) is 5.91 Å². The number of amides is 1. The molecule has 0 N–H and O–H groups in total. The molecule has 0 radical (unpaired) electrons. The number of hydrogen-bond donors (Lipinski definition) is 0. The van der Waals surface area contributed by atoms with Gasteiger partial charge in [-0.2, -0.15) is 0 Å². The molecule has 0 aliphatic carbocycles. The summed E-state index contributed by atoms with van der Waals surface area (Å²) in [5, 5.41) is 0.509. The van der Waals surface area contributed by atoms with Crippen molar-refractivity contribution in [1.29, 1.82) is 0 Å². The summed E-state index contributed by atoms with van der Waals surface area (Å²) < 4.78 is 0. The molecule has 1 aliphatic heterocycles. The monoisotopic (exact) mass is 317 g/mol. The first kappa shape index (κ1) is 14.5. The highest BCUT2D eigenvalue weighted by molar-refractivity contribution is 7.98. The van der Waals surface area contributed by atoms with Crippen molar-refractivity contribution in [2.75, 3.05) is 11.2 Å². The lowest BCUT2D eigenvalue weighted by Crippen LogP contribution is -2.35. The van der Waals surface area contributed by atoms with E-state index in [4.69, 9.17) is 11.6 Å². The number of anilines is 1. The number of nitrogens with zero attached hydrogens (tertiary/aromatic N) is 1. The Morgan fingerprint density at radius 1 is 1.29 bits per heavy atom. The summed E-state index contributed by atoms with van der Waals surface area (Å²) in [6, 6.07) is 13.8. The van der Waals surface area contributed by atoms with E-state index in [9.17, 15) is 4.79 Å². The molecule has 2 aromatic rings. The van der Waals surface area contributed by atoms with Gasteiger partial charge < -0.3 is 4.90 Å². The lowest BCUT2D eigenvalue weighted by molar-refractivity contribution is 0.0981. The standard InChI is InChI=1S/C17H16ClNOS/c1-11-9-12-5-3-4-6-16(12)19(11)17(20)14-10-13(21-2)7-8-15(14)18/h3-8,10-11H,9H2,1-2H3. The minimum absolute atomic E-state index is 0.0200. The van der Waals surface area contributed by atoms with Gasteiger partial charge in [0.1, 0.15) is 0 Å². The number of thioether (sulfide) groups is 1. The molecule has 4 heteroatoms. The minimum Gasteiger partial charge on any atom is -0.305 e. The smallest absolute Gasteiger partial charge is 0.260 e. The number of para-hydroxylation sites is 1. The average Bonchev–Trinajstić information content (AvgIpc) is 2.83. The molecule has 0 bridgehead atoms. The number of carbonyl (C=O) groups excluding carboxylic acids is 1. The van der Waals surface area contributed by atoms with Crippen molar-refractivity contribution in [3.63, 3.8) is 0 Å². The Kier molecular flexibility index (Phi) is 3.96. The molecule has 1 heterocycles. The second-order valence-electron chi connectivity index (χ2n) is 5.20. The molecule has 1 atom stereocenters. The molecule has 1 unspecified atom stereocenters. The van der Waals surface area contributed by atoms with E-state index in [0.717, 1.165) is 17.0 Å². The average molecular weight is 318 g/mol. The van der Waals surface area contributed by atoms with Gasteiger partial charge in [0.2, 0.25) is 0 Å². The number of benzene rings is 2. The number of hydrogen-bond acceptors (Lipinski definition) is 2. The van der Waals surface area contributed by atoms with Crippen LogP contribution in [-0.2, 0) is 6.42 Å². The van der Waals surface area contributed by atoms with Gasteiger partial charge in [-0.3, -0.25) is 4.79 Å². The topological polar surface area (TPSA) is 20.3 Å². The van der Waals surface area contributed by atoms with Crippen molar-refractivity contribution < 1.29 is 4.79 Å². The molecular formula is C17H16ClNOS. The summed E-state index contributed by atoms with van der Waals surface area (Å²) in [5.41, 5.74) is 2.79. The maximum atomic E-state index is 12.9. The van der Waals surface area contributed by atoms with Crippen molar-refractivity contribution in [3.05, 3.63) is 58.6 Å². The van der Waals surface area contributed by atoms with Gasteiger partial charge >= 0.3 is 0 Å². The van der Waals surface area contributed by atoms with E-state index < -0.39 is 0 Å². The van der Waals surface area contributed by atoms with Gasteiger partial charge in [0, 0.05) is 16.6 Å². The summed E-state index contributed by atoms with van der Waals surface area (Å²) in [6.45, 7) is 2.07. The number of halogens is 1. The van der Waals surface area contributed by atoms with Gasteiger partial charge in [-0.05, 0) is 49.4 Å². The van der Waals surface area contributed by atoms with Crippen LogP contribution in [0.15, 0.2) is 47.4 Å². The van der Waals surface area contributed by atoms with Crippen molar-refractivity contribution in [1.82, 2.24) is 0 Å². The first-order chi connectivity index (χ1) is 10.1. The molecule has 21 heavy (non-hydrogen) atoms. The first-order valence-corrected chi connectivity index (χ1v) is 8.47. The lowest BCUT2D eigenvalue weighted by Gasteiger charge is -2.23. The third kappa shape index (κ3) is 2.56. The first-order valence-electron chi connectivity index (χ1n) is 6.87. The second-order valence-corrected chi connectivity index (χ2v) is 6.49. The van der Waals surface area contributed by atoms with Crippen molar-refractivity contribution >= 4 is 35.0 Å². The molecule has 1 aliphatic rings. The summed E-state index contributed by atoms with van der Waals surface area (Å²) >= 11 is 7.85. The molecule has 2 aromatic carbocycles. The van der Waals surface area contributed by atoms with E-state index in [-0.39, 0.29) is 11.9 Å². The van der Waals surface area contributed by atoms with Crippen LogP contribution in [0.5, 0.6) is 0 Å². The fourth-order valence-corrected chi connectivity index (χ4v) is 3.44. The highest BCUT2D eigenvalue weighted by Gasteiger charge is 2.32. The second kappa shape index (κ2) is 5.74. The van der Waals surface area contributed by atoms with Crippen LogP contribution in [0.2, 0.25) is 5.02 Å². The Hall–Kier alpha value is -1.45. The molecule has 3 rings (SSSR count). The van der Waals surface area contributed by atoms with Gasteiger partial charge in [0.05, 0.1) is 10.6 Å². The highest BCUT2D eigenvalue weighted by Crippen LogP contribution is 2.34. The van der Waals surface area contributed by atoms with Crippen molar-refractivity contribution in [3.8, 4) is 0 Å². The molecule has 0 spiro atoms. The Bertz CT molecular complexity index is 701. The molecule has 108 valence electrons. The van der Waals surface area contributed by atoms with Gasteiger partial charge in [-0.25, -0.2) is 0 Å². The Morgan fingerprint density at radius 3 is 2.81 bits per heavy atom. The van der Waals surface area contributed by atoms with Gasteiger partial charge in [-0.15, -0.1) is 11.8 Å². The van der Waals surface area contributed by atoms with Crippen LogP contribution < -0.4 is 4.90 Å². The summed E-state index contributed by atoms with van der Waals surface area (Å²) in [6.07, 6.45) is 2.88. The predicted octanol–water partition coefficient (Wildman–Crippen LogP) is 4.65. The van der Waals surface area contributed by atoms with Crippen LogP contribution in [0.1, 0.15) is 22.8 Å². The fourth-order valence-electron chi connectivity index (χ4n) is 2.80. The van der Waals surface area contributed by atoms with E-state index in [2.05, 4.69) is 13.0 Å². The summed E-state index contributed by atoms with van der Waals surface area (Å²) in [7, 11) is 0. The highest BCUT2D eigenvalue weighted by atomic mass is 35.5. The van der Waals surface area contributed by atoms with E-state index in [0.29, 0.717) is 10.6 Å². The van der Waals surface area contributed by atoms with Gasteiger partial charge in [0.15, 0.2) is 0 Å². The Labute approximate surface area is 134 Å². The zero-order chi connectivity index (χ0) is 15.0. The van der Waals surface area contributed by atoms with Crippen LogP contribution >= 0.6 is 23.4 Å². The van der Waals surface area contributed by atoms with Crippen LogP contribution in [0, 0.1) is 0 Å². The van der Waals surface area contributed by atoms with Crippen LogP contribution in [-0.4, -0.2) is 18.2 Å². The zero-order valence-corrected chi connectivity index (χ0v) is 13.5. The fraction of sp³-hybridized carbons (Fsp3) is 0.235. The lowest BCUT2D eigenvalue weighted by atomic mass is 10.1. The number of carbonyl (C=O) groups is 1. The van der Waals surface area contributed by atoms with Crippen LogP contribution in [0.4, 0.5) is 5.69 Å². The summed E-state index contributed by atoms with van der Waals surface area (Å²) in [5.74, 6) is -0.0200. The van der Waals surface area contributed by atoms with E-state index in [1.807, 2.05) is 41.5 Å². The molecule has 0 fully saturated rings. The van der Waals surface area contributed by atoms with Crippen molar-refractivity contribution in [2.45, 2.75) is 24.3 Å². The van der Waals surface area contributed by atoms with E-state index in [1.54, 1.807) is 17.8 Å². The number of rotatable bonds is 2. The maximum Gasteiger partial charge on any atom is 0.260 e. The predicted molar refractivity (Wildman–Crippen MR) is 89.7 cm³/mol. The molecule has 1 amide bonds. The van der Waals surface area contributed by atoms with Crippen molar-refractivity contribution in [2.24, 2.45) is 0 Å². The third-order valence-electron chi connectivity index (χ3n) is 3.83. The number of fused-ring (bicyclic) bond motifs is 1. The molecule has 0 saturated heterocycles. The third-order valence-corrected chi connectivity index (χ3v) is 4.88. The van der Waals surface area contributed by atoms with Crippen LogP contribution in [0.25, 0.3) is 0 Å². The van der Waals surface area contributed by atoms with Crippen LogP contribution in [0.3, 0.4) is 0 Å².